The molecule has 0 saturated heterocycles. The monoisotopic (exact) mass is 272 g/mol. The SMILES string of the molecule is CCCCC(C(=O)OCC)[n+]1ccc2ccccc2c1. The van der Waals surface area contributed by atoms with Gasteiger partial charge in [-0.2, -0.15) is 4.57 Å². The van der Waals surface area contributed by atoms with E-state index in [2.05, 4.69) is 19.1 Å². The van der Waals surface area contributed by atoms with Crippen LogP contribution in [0, 0.1) is 0 Å². The van der Waals surface area contributed by atoms with Crippen molar-refractivity contribution in [1.82, 2.24) is 0 Å². The van der Waals surface area contributed by atoms with Crippen LogP contribution in [0.2, 0.25) is 0 Å². The standard InChI is InChI=1S/C17H22NO2/c1-3-5-10-16(17(19)20-4-2)18-12-11-14-8-6-7-9-15(14)13-18/h6-9,11-13,16H,3-5,10H2,1-2H3/q+1. The first-order valence-corrected chi connectivity index (χ1v) is 7.32. The molecule has 0 fully saturated rings. The van der Waals surface area contributed by atoms with Crippen molar-refractivity contribution in [2.75, 3.05) is 6.61 Å². The Hall–Kier alpha value is -1.90. The highest BCUT2D eigenvalue weighted by atomic mass is 16.5. The number of hydrogen-bond donors (Lipinski definition) is 0. The van der Waals surface area contributed by atoms with Crippen LogP contribution in [0.4, 0.5) is 0 Å². The number of benzene rings is 1. The zero-order valence-corrected chi connectivity index (χ0v) is 12.2. The Bertz CT molecular complexity index is 580. The van der Waals surface area contributed by atoms with E-state index < -0.39 is 0 Å². The molecule has 1 aromatic heterocycles. The maximum absolute atomic E-state index is 12.1. The first-order chi connectivity index (χ1) is 9.76. The molecular formula is C17H22NO2+. The maximum Gasteiger partial charge on any atom is 0.375 e. The molecule has 2 rings (SSSR count). The van der Waals surface area contributed by atoms with E-state index in [0.29, 0.717) is 6.61 Å². The summed E-state index contributed by atoms with van der Waals surface area (Å²) in [6.07, 6.45) is 6.91. The minimum absolute atomic E-state index is 0.138. The van der Waals surface area contributed by atoms with E-state index >= 15 is 0 Å². The van der Waals surface area contributed by atoms with Crippen LogP contribution in [0.5, 0.6) is 0 Å². The molecule has 2 aromatic rings. The fraction of sp³-hybridized carbons (Fsp3) is 0.412. The van der Waals surface area contributed by atoms with E-state index in [1.165, 1.54) is 5.39 Å². The first kappa shape index (κ1) is 14.5. The smallest absolute Gasteiger partial charge is 0.375 e. The quantitative estimate of drug-likeness (QED) is 0.596. The molecule has 0 N–H and O–H groups in total. The molecule has 0 aliphatic heterocycles. The molecule has 3 nitrogen and oxygen atoms in total. The van der Waals surface area contributed by atoms with E-state index in [1.807, 2.05) is 42.1 Å². The van der Waals surface area contributed by atoms with Crippen LogP contribution in [0.1, 0.15) is 39.2 Å². The molecule has 1 heterocycles. The van der Waals surface area contributed by atoms with Gasteiger partial charge in [0.2, 0.25) is 0 Å². The van der Waals surface area contributed by atoms with Gasteiger partial charge in [0, 0.05) is 17.9 Å². The maximum atomic E-state index is 12.1. The highest BCUT2D eigenvalue weighted by molar-refractivity contribution is 5.80. The van der Waals surface area contributed by atoms with Crippen LogP contribution >= 0.6 is 0 Å². The van der Waals surface area contributed by atoms with Gasteiger partial charge in [-0.05, 0) is 24.8 Å². The normalized spacial score (nSPS) is 12.3. The third kappa shape index (κ3) is 3.35. The molecule has 0 amide bonds. The van der Waals surface area contributed by atoms with Crippen molar-refractivity contribution in [3.05, 3.63) is 42.7 Å². The Morgan fingerprint density at radius 1 is 1.20 bits per heavy atom. The highest BCUT2D eigenvalue weighted by Crippen LogP contribution is 2.15. The Morgan fingerprint density at radius 3 is 2.65 bits per heavy atom. The summed E-state index contributed by atoms with van der Waals surface area (Å²) >= 11 is 0. The van der Waals surface area contributed by atoms with Crippen molar-refractivity contribution in [2.24, 2.45) is 0 Å². The second kappa shape index (κ2) is 7.04. The number of nitrogens with zero attached hydrogens (tertiary/aromatic N) is 1. The number of aromatic nitrogens is 1. The lowest BCUT2D eigenvalue weighted by atomic mass is 10.1. The molecule has 106 valence electrons. The second-order valence-electron chi connectivity index (χ2n) is 4.93. The summed E-state index contributed by atoms with van der Waals surface area (Å²) in [6.45, 7) is 4.41. The summed E-state index contributed by atoms with van der Waals surface area (Å²) in [6, 6.07) is 10.00. The summed E-state index contributed by atoms with van der Waals surface area (Å²) < 4.78 is 7.19. The van der Waals surface area contributed by atoms with Gasteiger partial charge < -0.3 is 4.74 Å². The fourth-order valence-corrected chi connectivity index (χ4v) is 2.37. The summed E-state index contributed by atoms with van der Waals surface area (Å²) in [5.74, 6) is -0.138. The third-order valence-corrected chi connectivity index (χ3v) is 3.46. The van der Waals surface area contributed by atoms with Crippen molar-refractivity contribution >= 4 is 16.7 Å². The Balaban J connectivity index is 2.31. The minimum atomic E-state index is -0.223. The van der Waals surface area contributed by atoms with Crippen molar-refractivity contribution < 1.29 is 14.1 Å². The number of esters is 1. The molecule has 1 atom stereocenters. The van der Waals surface area contributed by atoms with Gasteiger partial charge >= 0.3 is 5.97 Å². The van der Waals surface area contributed by atoms with Gasteiger partial charge in [-0.3, -0.25) is 0 Å². The van der Waals surface area contributed by atoms with E-state index in [0.717, 1.165) is 24.6 Å². The van der Waals surface area contributed by atoms with Gasteiger partial charge in [0.25, 0.3) is 6.04 Å². The number of rotatable bonds is 6. The van der Waals surface area contributed by atoms with E-state index in [-0.39, 0.29) is 12.0 Å². The van der Waals surface area contributed by atoms with Crippen LogP contribution in [-0.4, -0.2) is 12.6 Å². The molecule has 3 heteroatoms. The molecular weight excluding hydrogens is 250 g/mol. The number of hydrogen-bond acceptors (Lipinski definition) is 2. The number of unbranched alkanes of at least 4 members (excludes halogenated alkanes) is 1. The van der Waals surface area contributed by atoms with Gasteiger partial charge in [-0.15, -0.1) is 0 Å². The number of fused-ring (bicyclic) bond motifs is 1. The summed E-state index contributed by atoms with van der Waals surface area (Å²) in [5.41, 5.74) is 0. The largest absolute Gasteiger partial charge is 0.461 e. The molecule has 0 radical (unpaired) electrons. The number of pyridine rings is 1. The zero-order valence-electron chi connectivity index (χ0n) is 12.2. The van der Waals surface area contributed by atoms with Gasteiger partial charge in [-0.1, -0.05) is 31.5 Å². The van der Waals surface area contributed by atoms with Gasteiger partial charge in [0.1, 0.15) is 0 Å². The number of ether oxygens (including phenoxy) is 1. The summed E-state index contributed by atoms with van der Waals surface area (Å²) in [7, 11) is 0. The summed E-state index contributed by atoms with van der Waals surface area (Å²) in [5, 5.41) is 2.32. The Morgan fingerprint density at radius 2 is 1.95 bits per heavy atom. The van der Waals surface area contributed by atoms with E-state index in [9.17, 15) is 4.79 Å². The molecule has 0 spiro atoms. The van der Waals surface area contributed by atoms with Gasteiger partial charge in [0.15, 0.2) is 12.4 Å². The molecule has 0 aliphatic carbocycles. The van der Waals surface area contributed by atoms with Gasteiger partial charge in [-0.25, -0.2) is 4.79 Å². The molecule has 1 unspecified atom stereocenters. The van der Waals surface area contributed by atoms with Crippen LogP contribution in [0.3, 0.4) is 0 Å². The topological polar surface area (TPSA) is 30.2 Å². The molecule has 20 heavy (non-hydrogen) atoms. The number of carbonyl (C=O) groups is 1. The lowest BCUT2D eigenvalue weighted by Gasteiger charge is -2.11. The molecule has 0 saturated carbocycles. The van der Waals surface area contributed by atoms with E-state index in [1.54, 1.807) is 0 Å². The third-order valence-electron chi connectivity index (χ3n) is 3.46. The van der Waals surface area contributed by atoms with Crippen molar-refractivity contribution in [3.8, 4) is 0 Å². The molecule has 0 bridgehead atoms. The van der Waals surface area contributed by atoms with Crippen LogP contribution in [0.15, 0.2) is 42.7 Å². The second-order valence-corrected chi connectivity index (χ2v) is 4.93. The Labute approximate surface area is 120 Å². The zero-order chi connectivity index (χ0) is 14.4. The van der Waals surface area contributed by atoms with Crippen molar-refractivity contribution in [2.45, 2.75) is 39.2 Å². The molecule has 0 aliphatic rings. The van der Waals surface area contributed by atoms with Crippen molar-refractivity contribution in [1.29, 1.82) is 0 Å². The van der Waals surface area contributed by atoms with Crippen LogP contribution in [0.25, 0.3) is 10.8 Å². The lowest BCUT2D eigenvalue weighted by Crippen LogP contribution is -2.44. The predicted molar refractivity (Wildman–Crippen MR) is 79.3 cm³/mol. The van der Waals surface area contributed by atoms with Crippen LogP contribution < -0.4 is 4.57 Å². The van der Waals surface area contributed by atoms with Crippen molar-refractivity contribution in [3.63, 3.8) is 0 Å². The number of carbonyl (C=O) groups excluding carboxylic acids is 1. The van der Waals surface area contributed by atoms with E-state index in [4.69, 9.17) is 4.74 Å². The van der Waals surface area contributed by atoms with Crippen LogP contribution in [-0.2, 0) is 9.53 Å². The van der Waals surface area contributed by atoms with Gasteiger partial charge in [0.05, 0.1) is 6.61 Å². The fourth-order valence-electron chi connectivity index (χ4n) is 2.37. The average Bonchev–Trinajstić information content (AvgIpc) is 2.48. The minimum Gasteiger partial charge on any atom is -0.461 e. The highest BCUT2D eigenvalue weighted by Gasteiger charge is 2.28. The lowest BCUT2D eigenvalue weighted by molar-refractivity contribution is -0.710. The average molecular weight is 272 g/mol. The molecule has 1 aromatic carbocycles. The predicted octanol–water partition coefficient (Wildman–Crippen LogP) is 3.42. The summed E-state index contributed by atoms with van der Waals surface area (Å²) in [4.78, 5) is 12.1. The first-order valence-electron chi connectivity index (χ1n) is 7.32. The Kier molecular flexibility index (Phi) is 5.10.